The quantitative estimate of drug-likeness (QED) is 0.434. The average Bonchev–Trinajstić information content (AvgIpc) is 1.77. The Labute approximate surface area is 50.3 Å². The highest BCUT2D eigenvalue weighted by atomic mass is 16.5. The van der Waals surface area contributed by atoms with Crippen LogP contribution in [-0.4, -0.2) is 12.7 Å². The first kappa shape index (κ1) is 5.83. The van der Waals surface area contributed by atoms with Gasteiger partial charge in [-0.05, 0) is 20.3 Å². The standard InChI is InChI=1S/C7H12O/c1-6-3-4-7(2)8-5-6/h3,7H,4-5H2,1-2H3/t7-/m0/s1. The van der Waals surface area contributed by atoms with Gasteiger partial charge in [-0.15, -0.1) is 0 Å². The molecule has 0 aromatic carbocycles. The fraction of sp³-hybridized carbons (Fsp3) is 0.714. The van der Waals surface area contributed by atoms with E-state index in [2.05, 4.69) is 19.9 Å². The van der Waals surface area contributed by atoms with E-state index in [0.29, 0.717) is 6.10 Å². The topological polar surface area (TPSA) is 9.23 Å². The van der Waals surface area contributed by atoms with Crippen LogP contribution in [0.25, 0.3) is 0 Å². The van der Waals surface area contributed by atoms with Gasteiger partial charge < -0.3 is 4.74 Å². The smallest absolute Gasteiger partial charge is 0.0677 e. The number of hydrogen-bond acceptors (Lipinski definition) is 1. The molecule has 1 aliphatic rings. The molecule has 1 heterocycles. The maximum Gasteiger partial charge on any atom is 0.0677 e. The lowest BCUT2D eigenvalue weighted by molar-refractivity contribution is 0.0758. The molecular weight excluding hydrogens is 100 g/mol. The van der Waals surface area contributed by atoms with Crippen LogP contribution in [0.1, 0.15) is 20.3 Å². The van der Waals surface area contributed by atoms with Crippen molar-refractivity contribution in [2.75, 3.05) is 6.61 Å². The normalized spacial score (nSPS) is 29.8. The third-order valence-electron chi connectivity index (χ3n) is 1.39. The maximum absolute atomic E-state index is 5.32. The van der Waals surface area contributed by atoms with E-state index >= 15 is 0 Å². The first-order valence-corrected chi connectivity index (χ1v) is 3.06. The van der Waals surface area contributed by atoms with Crippen molar-refractivity contribution in [1.29, 1.82) is 0 Å². The Balaban J connectivity index is 2.42. The first-order valence-electron chi connectivity index (χ1n) is 3.06. The molecule has 0 saturated heterocycles. The van der Waals surface area contributed by atoms with Gasteiger partial charge in [-0.2, -0.15) is 0 Å². The molecule has 1 aliphatic heterocycles. The molecule has 0 amide bonds. The van der Waals surface area contributed by atoms with Crippen molar-refractivity contribution in [2.24, 2.45) is 0 Å². The van der Waals surface area contributed by atoms with Crippen molar-refractivity contribution in [2.45, 2.75) is 26.4 Å². The molecule has 0 radical (unpaired) electrons. The Bertz CT molecular complexity index is 105. The van der Waals surface area contributed by atoms with Crippen molar-refractivity contribution >= 4 is 0 Å². The fourth-order valence-electron chi connectivity index (χ4n) is 0.768. The van der Waals surface area contributed by atoms with Gasteiger partial charge in [0.25, 0.3) is 0 Å². The molecule has 0 aliphatic carbocycles. The molecule has 1 nitrogen and oxygen atoms in total. The van der Waals surface area contributed by atoms with E-state index in [1.165, 1.54) is 5.57 Å². The Morgan fingerprint density at radius 1 is 1.75 bits per heavy atom. The van der Waals surface area contributed by atoms with Gasteiger partial charge in [0.05, 0.1) is 12.7 Å². The van der Waals surface area contributed by atoms with Crippen LogP contribution >= 0.6 is 0 Å². The van der Waals surface area contributed by atoms with Gasteiger partial charge in [-0.1, -0.05) is 11.6 Å². The van der Waals surface area contributed by atoms with Crippen LogP contribution in [-0.2, 0) is 4.74 Å². The summed E-state index contributed by atoms with van der Waals surface area (Å²) in [6.07, 6.45) is 3.78. The van der Waals surface area contributed by atoms with Crippen LogP contribution in [0.15, 0.2) is 11.6 Å². The molecule has 8 heavy (non-hydrogen) atoms. The highest BCUT2D eigenvalue weighted by Gasteiger charge is 2.04. The SMILES string of the molecule is CC1=CC[C@H](C)OC1. The first-order chi connectivity index (χ1) is 3.79. The molecule has 0 N–H and O–H groups in total. The van der Waals surface area contributed by atoms with Gasteiger partial charge in [0, 0.05) is 0 Å². The van der Waals surface area contributed by atoms with Crippen LogP contribution < -0.4 is 0 Å². The second kappa shape index (κ2) is 2.31. The van der Waals surface area contributed by atoms with Gasteiger partial charge in [0.1, 0.15) is 0 Å². The molecule has 1 rings (SSSR count). The van der Waals surface area contributed by atoms with E-state index in [4.69, 9.17) is 4.74 Å². The van der Waals surface area contributed by atoms with Gasteiger partial charge in [-0.25, -0.2) is 0 Å². The van der Waals surface area contributed by atoms with Gasteiger partial charge >= 0.3 is 0 Å². The lowest BCUT2D eigenvalue weighted by atomic mass is 10.1. The van der Waals surface area contributed by atoms with Crippen LogP contribution in [0.5, 0.6) is 0 Å². The Morgan fingerprint density at radius 3 is 2.88 bits per heavy atom. The second-order valence-corrected chi connectivity index (χ2v) is 2.41. The van der Waals surface area contributed by atoms with E-state index < -0.39 is 0 Å². The lowest BCUT2D eigenvalue weighted by Crippen LogP contribution is -2.13. The van der Waals surface area contributed by atoms with Crippen LogP contribution in [0.4, 0.5) is 0 Å². The monoisotopic (exact) mass is 112 g/mol. The summed E-state index contributed by atoms with van der Waals surface area (Å²) in [4.78, 5) is 0. The van der Waals surface area contributed by atoms with Crippen molar-refractivity contribution in [3.8, 4) is 0 Å². The minimum absolute atomic E-state index is 0.443. The molecule has 0 fully saturated rings. The zero-order valence-corrected chi connectivity index (χ0v) is 5.48. The predicted molar refractivity (Wildman–Crippen MR) is 33.8 cm³/mol. The molecule has 46 valence electrons. The second-order valence-electron chi connectivity index (χ2n) is 2.41. The van der Waals surface area contributed by atoms with E-state index in [1.807, 2.05) is 0 Å². The van der Waals surface area contributed by atoms with E-state index in [9.17, 15) is 0 Å². The van der Waals surface area contributed by atoms with E-state index in [1.54, 1.807) is 0 Å². The fourth-order valence-corrected chi connectivity index (χ4v) is 0.768. The summed E-state index contributed by atoms with van der Waals surface area (Å²) < 4.78 is 5.32. The van der Waals surface area contributed by atoms with Gasteiger partial charge in [-0.3, -0.25) is 0 Å². The summed E-state index contributed by atoms with van der Waals surface area (Å²) in [5, 5.41) is 0. The highest BCUT2D eigenvalue weighted by molar-refractivity contribution is 5.01. The van der Waals surface area contributed by atoms with Crippen LogP contribution in [0, 0.1) is 0 Å². The third kappa shape index (κ3) is 1.34. The van der Waals surface area contributed by atoms with Crippen molar-refractivity contribution < 1.29 is 4.74 Å². The minimum atomic E-state index is 0.443. The summed E-state index contributed by atoms with van der Waals surface area (Å²) in [6, 6.07) is 0. The van der Waals surface area contributed by atoms with Crippen LogP contribution in [0.2, 0.25) is 0 Å². The van der Waals surface area contributed by atoms with Crippen molar-refractivity contribution in [1.82, 2.24) is 0 Å². The highest BCUT2D eigenvalue weighted by Crippen LogP contribution is 2.09. The Morgan fingerprint density at radius 2 is 2.50 bits per heavy atom. The zero-order valence-electron chi connectivity index (χ0n) is 5.48. The number of ether oxygens (including phenoxy) is 1. The van der Waals surface area contributed by atoms with Gasteiger partial charge in [0.15, 0.2) is 0 Å². The molecule has 0 spiro atoms. The van der Waals surface area contributed by atoms with E-state index in [0.717, 1.165) is 13.0 Å². The molecule has 0 aromatic rings. The molecule has 1 heteroatoms. The number of hydrogen-bond donors (Lipinski definition) is 0. The summed E-state index contributed by atoms with van der Waals surface area (Å²) in [7, 11) is 0. The van der Waals surface area contributed by atoms with E-state index in [-0.39, 0.29) is 0 Å². The summed E-state index contributed by atoms with van der Waals surface area (Å²) in [5.41, 5.74) is 1.36. The summed E-state index contributed by atoms with van der Waals surface area (Å²) in [5.74, 6) is 0. The average molecular weight is 112 g/mol. The Hall–Kier alpha value is -0.300. The molecule has 0 saturated carbocycles. The maximum atomic E-state index is 5.32. The molecule has 1 atom stereocenters. The molecule has 0 bridgehead atoms. The van der Waals surface area contributed by atoms with Crippen molar-refractivity contribution in [3.63, 3.8) is 0 Å². The predicted octanol–water partition coefficient (Wildman–Crippen LogP) is 1.74. The molecular formula is C7H12O. The number of rotatable bonds is 0. The summed E-state index contributed by atoms with van der Waals surface area (Å²) >= 11 is 0. The largest absolute Gasteiger partial charge is 0.374 e. The van der Waals surface area contributed by atoms with Crippen LogP contribution in [0.3, 0.4) is 0 Å². The van der Waals surface area contributed by atoms with Crippen molar-refractivity contribution in [3.05, 3.63) is 11.6 Å². The zero-order chi connectivity index (χ0) is 5.98. The third-order valence-corrected chi connectivity index (χ3v) is 1.39. The molecule has 0 unspecified atom stereocenters. The minimum Gasteiger partial charge on any atom is -0.374 e. The Kier molecular flexibility index (Phi) is 1.69. The van der Waals surface area contributed by atoms with Gasteiger partial charge in [0.2, 0.25) is 0 Å². The molecule has 0 aromatic heterocycles. The lowest BCUT2D eigenvalue weighted by Gasteiger charge is -2.16. The summed E-state index contributed by atoms with van der Waals surface area (Å²) in [6.45, 7) is 5.04.